The molecule has 0 aromatic heterocycles. The highest BCUT2D eigenvalue weighted by molar-refractivity contribution is 9.10. The molecule has 0 unspecified atom stereocenters. The highest BCUT2D eigenvalue weighted by Gasteiger charge is 2.00. The molecule has 0 fully saturated rings. The molecule has 0 atom stereocenters. The zero-order valence-corrected chi connectivity index (χ0v) is 9.73. The van der Waals surface area contributed by atoms with Gasteiger partial charge in [-0.1, -0.05) is 27.5 Å². The van der Waals surface area contributed by atoms with Crippen molar-refractivity contribution in [3.8, 4) is 0 Å². The van der Waals surface area contributed by atoms with Gasteiger partial charge < -0.3 is 11.1 Å². The van der Waals surface area contributed by atoms with Crippen molar-refractivity contribution in [1.82, 2.24) is 0 Å². The molecular formula is C9H10BrClN2O. The van der Waals surface area contributed by atoms with E-state index in [9.17, 15) is 4.79 Å². The van der Waals surface area contributed by atoms with Gasteiger partial charge >= 0.3 is 0 Å². The van der Waals surface area contributed by atoms with Crippen LogP contribution in [0.1, 0.15) is 6.42 Å². The van der Waals surface area contributed by atoms with Crippen LogP contribution < -0.4 is 11.1 Å². The fraction of sp³-hybridized carbons (Fsp3) is 0.222. The van der Waals surface area contributed by atoms with Gasteiger partial charge in [-0.2, -0.15) is 0 Å². The van der Waals surface area contributed by atoms with Gasteiger partial charge in [0.2, 0.25) is 5.91 Å². The highest BCUT2D eigenvalue weighted by atomic mass is 79.9. The third-order valence-corrected chi connectivity index (χ3v) is 2.44. The predicted octanol–water partition coefficient (Wildman–Crippen LogP) is 2.39. The van der Waals surface area contributed by atoms with Crippen LogP contribution in [-0.4, -0.2) is 12.5 Å². The summed E-state index contributed by atoms with van der Waals surface area (Å²) in [5.74, 6) is -0.330. The summed E-state index contributed by atoms with van der Waals surface area (Å²) in [6.45, 7) is 0.492. The Morgan fingerprint density at radius 3 is 2.93 bits per heavy atom. The zero-order valence-electron chi connectivity index (χ0n) is 7.39. The molecule has 3 nitrogen and oxygen atoms in total. The molecule has 0 heterocycles. The number of halogens is 2. The second-order valence-electron chi connectivity index (χ2n) is 2.77. The molecule has 0 spiro atoms. The average molecular weight is 278 g/mol. The van der Waals surface area contributed by atoms with Crippen LogP contribution in [0.25, 0.3) is 0 Å². The van der Waals surface area contributed by atoms with Crippen molar-refractivity contribution in [2.45, 2.75) is 6.42 Å². The van der Waals surface area contributed by atoms with Crippen LogP contribution in [0.2, 0.25) is 5.02 Å². The summed E-state index contributed by atoms with van der Waals surface area (Å²) in [4.78, 5) is 10.5. The highest BCUT2D eigenvalue weighted by Crippen LogP contribution is 2.25. The van der Waals surface area contributed by atoms with Gasteiger partial charge in [0, 0.05) is 17.4 Å². The Morgan fingerprint density at radius 1 is 1.57 bits per heavy atom. The van der Waals surface area contributed by atoms with Gasteiger partial charge in [-0.15, -0.1) is 0 Å². The van der Waals surface area contributed by atoms with Crippen LogP contribution in [0.15, 0.2) is 22.7 Å². The molecule has 1 aromatic carbocycles. The van der Waals surface area contributed by atoms with Crippen LogP contribution in [0.5, 0.6) is 0 Å². The molecule has 14 heavy (non-hydrogen) atoms. The van der Waals surface area contributed by atoms with Crippen molar-refractivity contribution in [2.75, 3.05) is 11.9 Å². The maximum Gasteiger partial charge on any atom is 0.219 e. The number of amides is 1. The molecule has 1 amide bonds. The number of nitrogens with two attached hydrogens (primary N) is 1. The van der Waals surface area contributed by atoms with E-state index < -0.39 is 0 Å². The Kier molecular flexibility index (Phi) is 4.22. The van der Waals surface area contributed by atoms with E-state index in [4.69, 9.17) is 17.3 Å². The van der Waals surface area contributed by atoms with E-state index in [1.165, 1.54) is 0 Å². The van der Waals surface area contributed by atoms with Gasteiger partial charge in [-0.3, -0.25) is 4.79 Å². The first-order valence-corrected chi connectivity index (χ1v) is 5.24. The summed E-state index contributed by atoms with van der Waals surface area (Å²) in [6, 6.07) is 5.48. The van der Waals surface area contributed by atoms with Crippen LogP contribution in [0.3, 0.4) is 0 Å². The van der Waals surface area contributed by atoms with Gasteiger partial charge in [-0.25, -0.2) is 0 Å². The van der Waals surface area contributed by atoms with Crippen LogP contribution in [0, 0.1) is 0 Å². The van der Waals surface area contributed by atoms with Crippen LogP contribution in [0.4, 0.5) is 5.69 Å². The van der Waals surface area contributed by atoms with E-state index in [0.29, 0.717) is 18.0 Å². The molecule has 3 N–H and O–H groups in total. The molecule has 0 aliphatic carbocycles. The topological polar surface area (TPSA) is 55.1 Å². The summed E-state index contributed by atoms with van der Waals surface area (Å²) in [7, 11) is 0. The summed E-state index contributed by atoms with van der Waals surface area (Å²) in [5, 5.41) is 3.65. The van der Waals surface area contributed by atoms with Crippen molar-refractivity contribution in [2.24, 2.45) is 5.73 Å². The number of anilines is 1. The molecule has 0 aliphatic heterocycles. The maximum absolute atomic E-state index is 10.5. The quantitative estimate of drug-likeness (QED) is 0.888. The van der Waals surface area contributed by atoms with Gasteiger partial charge in [0.05, 0.1) is 10.7 Å². The second kappa shape index (κ2) is 5.22. The maximum atomic E-state index is 10.5. The Hall–Kier alpha value is -0.740. The zero-order chi connectivity index (χ0) is 10.6. The Labute approximate surface area is 95.7 Å². The fourth-order valence-electron chi connectivity index (χ4n) is 0.953. The van der Waals surface area contributed by atoms with Crippen molar-refractivity contribution in [1.29, 1.82) is 0 Å². The summed E-state index contributed by atoms with van der Waals surface area (Å²) in [5.41, 5.74) is 5.80. The third kappa shape index (κ3) is 3.55. The van der Waals surface area contributed by atoms with Gasteiger partial charge in [0.1, 0.15) is 0 Å². The lowest BCUT2D eigenvalue weighted by molar-refractivity contribution is -0.117. The first-order valence-electron chi connectivity index (χ1n) is 4.07. The van der Waals surface area contributed by atoms with Crippen molar-refractivity contribution >= 4 is 39.1 Å². The molecule has 0 bridgehead atoms. The number of rotatable bonds is 4. The van der Waals surface area contributed by atoms with E-state index in [2.05, 4.69) is 21.2 Å². The summed E-state index contributed by atoms with van der Waals surface area (Å²) in [6.07, 6.45) is 0.294. The van der Waals surface area contributed by atoms with Crippen molar-refractivity contribution < 1.29 is 4.79 Å². The average Bonchev–Trinajstić information content (AvgIpc) is 2.10. The number of hydrogen-bond donors (Lipinski definition) is 2. The van der Waals surface area contributed by atoms with Gasteiger partial charge in [0.15, 0.2) is 0 Å². The van der Waals surface area contributed by atoms with Gasteiger partial charge in [0.25, 0.3) is 0 Å². The van der Waals surface area contributed by atoms with Crippen LogP contribution >= 0.6 is 27.5 Å². The Morgan fingerprint density at radius 2 is 2.29 bits per heavy atom. The Balaban J connectivity index is 2.57. The summed E-state index contributed by atoms with van der Waals surface area (Å²) >= 11 is 9.24. The second-order valence-corrected chi connectivity index (χ2v) is 4.09. The number of carbonyl (C=O) groups is 1. The van der Waals surface area contributed by atoms with E-state index in [1.807, 2.05) is 12.1 Å². The largest absolute Gasteiger partial charge is 0.383 e. The first-order chi connectivity index (χ1) is 6.59. The lowest BCUT2D eigenvalue weighted by atomic mass is 10.3. The third-order valence-electron chi connectivity index (χ3n) is 1.62. The summed E-state index contributed by atoms with van der Waals surface area (Å²) < 4.78 is 0.934. The fourth-order valence-corrected chi connectivity index (χ4v) is 1.50. The molecule has 5 heteroatoms. The van der Waals surface area contributed by atoms with Crippen LogP contribution in [-0.2, 0) is 4.79 Å². The minimum absolute atomic E-state index is 0.294. The standard InChI is InChI=1S/C9H10BrClN2O/c10-6-1-2-7(11)8(5-6)13-4-3-9(12)14/h1-2,5,13H,3-4H2,(H2,12,14). The number of benzene rings is 1. The molecule has 1 aromatic rings. The Bertz CT molecular complexity index is 344. The number of nitrogens with one attached hydrogen (secondary N) is 1. The first kappa shape index (κ1) is 11.3. The number of carbonyl (C=O) groups excluding carboxylic acids is 1. The van der Waals surface area contributed by atoms with Crippen molar-refractivity contribution in [3.63, 3.8) is 0 Å². The minimum Gasteiger partial charge on any atom is -0.383 e. The molecular weight excluding hydrogens is 267 g/mol. The monoisotopic (exact) mass is 276 g/mol. The molecule has 0 saturated carbocycles. The molecule has 0 radical (unpaired) electrons. The normalized spacial score (nSPS) is 9.86. The van der Waals surface area contributed by atoms with Crippen molar-refractivity contribution in [3.05, 3.63) is 27.7 Å². The number of primary amides is 1. The lowest BCUT2D eigenvalue weighted by Crippen LogP contribution is -2.15. The van der Waals surface area contributed by atoms with Gasteiger partial charge in [-0.05, 0) is 18.2 Å². The molecule has 0 aliphatic rings. The number of hydrogen-bond acceptors (Lipinski definition) is 2. The smallest absolute Gasteiger partial charge is 0.219 e. The van der Waals surface area contributed by atoms with E-state index in [0.717, 1.165) is 10.2 Å². The molecule has 0 saturated heterocycles. The molecule has 76 valence electrons. The lowest BCUT2D eigenvalue weighted by Gasteiger charge is -2.07. The van der Waals surface area contributed by atoms with E-state index in [-0.39, 0.29) is 5.91 Å². The predicted molar refractivity (Wildman–Crippen MR) is 61.5 cm³/mol. The van der Waals surface area contributed by atoms with E-state index in [1.54, 1.807) is 6.07 Å². The van der Waals surface area contributed by atoms with E-state index >= 15 is 0 Å². The minimum atomic E-state index is -0.330. The SMILES string of the molecule is NC(=O)CCNc1cc(Br)ccc1Cl. The molecule has 1 rings (SSSR count).